The van der Waals surface area contributed by atoms with Gasteiger partial charge in [-0.15, -0.1) is 0 Å². The summed E-state index contributed by atoms with van der Waals surface area (Å²) in [5, 5.41) is 1.09. The van der Waals surface area contributed by atoms with Gasteiger partial charge in [0.15, 0.2) is 0 Å². The third-order valence-electron chi connectivity index (χ3n) is 3.09. The molecule has 2 aromatic rings. The second-order valence-electron chi connectivity index (χ2n) is 4.59. The summed E-state index contributed by atoms with van der Waals surface area (Å²) in [6.07, 6.45) is 0. The van der Waals surface area contributed by atoms with Crippen molar-refractivity contribution in [3.8, 4) is 11.1 Å². The minimum absolute atomic E-state index is 0.0757. The number of carbonyl (C=O) groups excluding carboxylic acids is 1. The van der Waals surface area contributed by atoms with Crippen LogP contribution in [0.5, 0.6) is 0 Å². The Balaban J connectivity index is 2.10. The van der Waals surface area contributed by atoms with Crippen LogP contribution in [-0.2, 0) is 11.3 Å². The Bertz CT molecular complexity index is 580. The lowest BCUT2D eigenvalue weighted by Crippen LogP contribution is -2.26. The van der Waals surface area contributed by atoms with Crippen molar-refractivity contribution in [2.75, 3.05) is 12.4 Å². The van der Waals surface area contributed by atoms with Gasteiger partial charge in [0.2, 0.25) is 5.91 Å². The molecule has 0 spiro atoms. The molecule has 0 aliphatic heterocycles. The zero-order chi connectivity index (χ0) is 14.5. The van der Waals surface area contributed by atoms with Crippen LogP contribution >= 0.6 is 27.5 Å². The number of hydrogen-bond donors (Lipinski definition) is 0. The quantitative estimate of drug-likeness (QED) is 0.749. The molecular formula is C16H15BrClNO. The molecule has 0 saturated carbocycles. The lowest BCUT2D eigenvalue weighted by Gasteiger charge is -2.16. The number of rotatable bonds is 4. The highest BCUT2D eigenvalue weighted by atomic mass is 79.9. The number of amides is 1. The summed E-state index contributed by atoms with van der Waals surface area (Å²) in [6.45, 7) is 0.616. The maximum atomic E-state index is 11.5. The van der Waals surface area contributed by atoms with Gasteiger partial charge in [-0.05, 0) is 28.8 Å². The van der Waals surface area contributed by atoms with E-state index in [0.29, 0.717) is 11.9 Å². The lowest BCUT2D eigenvalue weighted by molar-refractivity contribution is -0.127. The van der Waals surface area contributed by atoms with E-state index < -0.39 is 0 Å². The molecule has 1 amide bonds. The highest BCUT2D eigenvalue weighted by molar-refractivity contribution is 9.09. The average Bonchev–Trinajstić information content (AvgIpc) is 2.48. The normalized spacial score (nSPS) is 10.3. The number of alkyl halides is 1. The van der Waals surface area contributed by atoms with Crippen molar-refractivity contribution >= 4 is 33.4 Å². The Hall–Kier alpha value is -1.32. The Morgan fingerprint density at radius 2 is 1.55 bits per heavy atom. The fourth-order valence-electron chi connectivity index (χ4n) is 1.91. The van der Waals surface area contributed by atoms with Crippen molar-refractivity contribution in [2.45, 2.75) is 6.54 Å². The first-order chi connectivity index (χ1) is 9.60. The second kappa shape index (κ2) is 6.91. The van der Waals surface area contributed by atoms with E-state index in [2.05, 4.69) is 28.1 Å². The topological polar surface area (TPSA) is 20.3 Å². The van der Waals surface area contributed by atoms with Crippen LogP contribution in [0.15, 0.2) is 48.5 Å². The highest BCUT2D eigenvalue weighted by Gasteiger charge is 2.07. The largest absolute Gasteiger partial charge is 0.341 e. The second-order valence-corrected chi connectivity index (χ2v) is 5.58. The smallest absolute Gasteiger partial charge is 0.233 e. The molecule has 2 rings (SSSR count). The molecule has 0 fully saturated rings. The van der Waals surface area contributed by atoms with E-state index in [0.717, 1.165) is 21.7 Å². The molecular weight excluding hydrogens is 338 g/mol. The van der Waals surface area contributed by atoms with Gasteiger partial charge in [0.25, 0.3) is 0 Å². The highest BCUT2D eigenvalue weighted by Crippen LogP contribution is 2.22. The standard InChI is InChI=1S/C16H15BrClNO/c1-19(16(20)10-17)11-12-2-4-13(5-3-12)14-6-8-15(18)9-7-14/h2-9H,10-11H2,1H3. The number of hydrogen-bond acceptors (Lipinski definition) is 1. The van der Waals surface area contributed by atoms with E-state index >= 15 is 0 Å². The Morgan fingerprint density at radius 3 is 2.05 bits per heavy atom. The van der Waals surface area contributed by atoms with Gasteiger partial charge in [-0.25, -0.2) is 0 Å². The third-order valence-corrected chi connectivity index (χ3v) is 3.82. The van der Waals surface area contributed by atoms with Crippen molar-refractivity contribution in [1.82, 2.24) is 4.90 Å². The minimum Gasteiger partial charge on any atom is -0.341 e. The summed E-state index contributed by atoms with van der Waals surface area (Å²) in [5.74, 6) is 0.0757. The van der Waals surface area contributed by atoms with E-state index in [1.54, 1.807) is 11.9 Å². The molecule has 0 aliphatic carbocycles. The monoisotopic (exact) mass is 351 g/mol. The number of carbonyl (C=O) groups is 1. The molecule has 0 aliphatic rings. The maximum absolute atomic E-state index is 11.5. The van der Waals surface area contributed by atoms with Gasteiger partial charge >= 0.3 is 0 Å². The SMILES string of the molecule is CN(Cc1ccc(-c2ccc(Cl)cc2)cc1)C(=O)CBr. The molecule has 0 N–H and O–H groups in total. The first-order valence-corrected chi connectivity index (χ1v) is 7.75. The van der Waals surface area contributed by atoms with Gasteiger partial charge in [0.1, 0.15) is 0 Å². The molecule has 20 heavy (non-hydrogen) atoms. The predicted octanol–water partition coefficient (Wildman–Crippen LogP) is 4.36. The maximum Gasteiger partial charge on any atom is 0.233 e. The van der Waals surface area contributed by atoms with Crippen molar-refractivity contribution in [3.05, 3.63) is 59.1 Å². The van der Waals surface area contributed by atoms with E-state index in [1.165, 1.54) is 0 Å². The summed E-state index contributed by atoms with van der Waals surface area (Å²) in [6, 6.07) is 16.0. The molecule has 0 saturated heterocycles. The van der Waals surface area contributed by atoms with Gasteiger partial charge in [-0.2, -0.15) is 0 Å². The van der Waals surface area contributed by atoms with E-state index in [9.17, 15) is 4.79 Å². The molecule has 2 aromatic carbocycles. The first kappa shape index (κ1) is 15.1. The Labute approximate surface area is 132 Å². The fraction of sp³-hybridized carbons (Fsp3) is 0.188. The van der Waals surface area contributed by atoms with Crippen molar-refractivity contribution in [2.24, 2.45) is 0 Å². The molecule has 0 unspecified atom stereocenters. The van der Waals surface area contributed by atoms with Gasteiger partial charge in [0, 0.05) is 18.6 Å². The molecule has 4 heteroatoms. The average molecular weight is 353 g/mol. The zero-order valence-corrected chi connectivity index (χ0v) is 13.5. The lowest BCUT2D eigenvalue weighted by atomic mass is 10.0. The van der Waals surface area contributed by atoms with Crippen LogP contribution in [-0.4, -0.2) is 23.2 Å². The van der Waals surface area contributed by atoms with Crippen LogP contribution in [0.25, 0.3) is 11.1 Å². The van der Waals surface area contributed by atoms with Crippen LogP contribution in [0.1, 0.15) is 5.56 Å². The van der Waals surface area contributed by atoms with Crippen molar-refractivity contribution in [1.29, 1.82) is 0 Å². The molecule has 0 bridgehead atoms. The van der Waals surface area contributed by atoms with Crippen LogP contribution in [0.2, 0.25) is 5.02 Å². The molecule has 0 atom stereocenters. The van der Waals surface area contributed by atoms with Gasteiger partial charge in [0.05, 0.1) is 5.33 Å². The van der Waals surface area contributed by atoms with Gasteiger partial charge in [-0.3, -0.25) is 4.79 Å². The van der Waals surface area contributed by atoms with Crippen LogP contribution < -0.4 is 0 Å². The number of halogens is 2. The van der Waals surface area contributed by atoms with E-state index in [1.807, 2.05) is 36.4 Å². The molecule has 104 valence electrons. The predicted molar refractivity (Wildman–Crippen MR) is 87.2 cm³/mol. The van der Waals surface area contributed by atoms with Crippen molar-refractivity contribution < 1.29 is 4.79 Å². The number of nitrogens with zero attached hydrogens (tertiary/aromatic N) is 1. The Morgan fingerprint density at radius 1 is 1.05 bits per heavy atom. The van der Waals surface area contributed by atoms with E-state index in [-0.39, 0.29) is 5.91 Å². The molecule has 2 nitrogen and oxygen atoms in total. The fourth-order valence-corrected chi connectivity index (χ4v) is 2.46. The van der Waals surface area contributed by atoms with Gasteiger partial charge in [-0.1, -0.05) is 63.9 Å². The Kier molecular flexibility index (Phi) is 5.21. The summed E-state index contributed by atoms with van der Waals surface area (Å²) in [4.78, 5) is 13.2. The summed E-state index contributed by atoms with van der Waals surface area (Å²) < 4.78 is 0. The van der Waals surface area contributed by atoms with E-state index in [4.69, 9.17) is 11.6 Å². The molecule has 0 radical (unpaired) electrons. The summed E-state index contributed by atoms with van der Waals surface area (Å²) in [5.41, 5.74) is 3.38. The third kappa shape index (κ3) is 3.84. The molecule has 0 heterocycles. The summed E-state index contributed by atoms with van der Waals surface area (Å²) >= 11 is 9.06. The minimum atomic E-state index is 0.0757. The zero-order valence-electron chi connectivity index (χ0n) is 11.1. The van der Waals surface area contributed by atoms with Crippen LogP contribution in [0.3, 0.4) is 0 Å². The van der Waals surface area contributed by atoms with Crippen LogP contribution in [0.4, 0.5) is 0 Å². The summed E-state index contributed by atoms with van der Waals surface area (Å²) in [7, 11) is 1.80. The van der Waals surface area contributed by atoms with Crippen LogP contribution in [0, 0.1) is 0 Å². The molecule has 0 aromatic heterocycles. The number of benzene rings is 2. The van der Waals surface area contributed by atoms with Crippen molar-refractivity contribution in [3.63, 3.8) is 0 Å². The van der Waals surface area contributed by atoms with Gasteiger partial charge < -0.3 is 4.90 Å². The first-order valence-electron chi connectivity index (χ1n) is 6.25.